The fourth-order valence-corrected chi connectivity index (χ4v) is 4.72. The second-order valence-corrected chi connectivity index (χ2v) is 8.59. The predicted octanol–water partition coefficient (Wildman–Crippen LogP) is 5.27. The summed E-state index contributed by atoms with van der Waals surface area (Å²) in [6, 6.07) is 21.0. The molecule has 0 aliphatic carbocycles. The zero-order valence-electron chi connectivity index (χ0n) is 16.2. The van der Waals surface area contributed by atoms with Gasteiger partial charge in [-0.05, 0) is 56.7 Å². The maximum atomic E-state index is 13.6. The van der Waals surface area contributed by atoms with E-state index in [1.54, 1.807) is 0 Å². The Balaban J connectivity index is 2.25. The number of nitrogens with zero attached hydrogens (tertiary/aromatic N) is 1. The molecule has 0 heterocycles. The van der Waals surface area contributed by atoms with E-state index in [0.717, 1.165) is 10.8 Å². The second kappa shape index (κ2) is 8.05. The molecule has 140 valence electrons. The van der Waals surface area contributed by atoms with E-state index >= 15 is 0 Å². The van der Waals surface area contributed by atoms with Crippen LogP contribution in [0.1, 0.15) is 38.1 Å². The zero-order chi connectivity index (χ0) is 19.6. The lowest BCUT2D eigenvalue weighted by atomic mass is 10.0. The van der Waals surface area contributed by atoms with Gasteiger partial charge in [-0.25, -0.2) is 4.21 Å². The molecule has 27 heavy (non-hydrogen) atoms. The molecule has 0 unspecified atom stereocenters. The van der Waals surface area contributed by atoms with Crippen molar-refractivity contribution in [2.45, 2.75) is 49.6 Å². The van der Waals surface area contributed by atoms with Gasteiger partial charge in [0.05, 0.1) is 21.3 Å². The fourth-order valence-electron chi connectivity index (χ4n) is 3.49. The number of fused-ring (bicyclic) bond motifs is 1. The van der Waals surface area contributed by atoms with E-state index in [9.17, 15) is 9.00 Å². The molecule has 0 aliphatic rings. The Morgan fingerprint density at radius 2 is 1.41 bits per heavy atom. The van der Waals surface area contributed by atoms with Crippen LogP contribution in [0.2, 0.25) is 0 Å². The molecule has 3 nitrogen and oxygen atoms in total. The van der Waals surface area contributed by atoms with Crippen molar-refractivity contribution in [3.05, 3.63) is 72.3 Å². The van der Waals surface area contributed by atoms with Crippen LogP contribution in [0.3, 0.4) is 0 Å². The SMILES string of the molecule is CC(C)N(C(=O)c1c([S@@](=O)c2ccccc2)ccc2ccccc12)C(C)C. The summed E-state index contributed by atoms with van der Waals surface area (Å²) in [4.78, 5) is 16.7. The van der Waals surface area contributed by atoms with Gasteiger partial charge in [-0.1, -0.05) is 48.5 Å². The average Bonchev–Trinajstić information content (AvgIpc) is 2.66. The Hall–Kier alpha value is -2.46. The van der Waals surface area contributed by atoms with E-state index in [0.29, 0.717) is 15.4 Å². The summed E-state index contributed by atoms with van der Waals surface area (Å²) in [7, 11) is -1.43. The maximum absolute atomic E-state index is 13.6. The van der Waals surface area contributed by atoms with Crippen LogP contribution >= 0.6 is 0 Å². The highest BCUT2D eigenvalue weighted by Gasteiger charge is 2.27. The Morgan fingerprint density at radius 1 is 0.815 bits per heavy atom. The third-order valence-electron chi connectivity index (χ3n) is 4.61. The summed E-state index contributed by atoms with van der Waals surface area (Å²) in [5, 5.41) is 1.82. The van der Waals surface area contributed by atoms with Crippen LogP contribution in [0.15, 0.2) is 76.5 Å². The van der Waals surface area contributed by atoms with Crippen molar-refractivity contribution < 1.29 is 9.00 Å². The monoisotopic (exact) mass is 379 g/mol. The van der Waals surface area contributed by atoms with Gasteiger partial charge in [0.1, 0.15) is 0 Å². The number of carbonyl (C=O) groups is 1. The van der Waals surface area contributed by atoms with Gasteiger partial charge >= 0.3 is 0 Å². The molecule has 1 amide bonds. The minimum atomic E-state index is -1.43. The number of rotatable bonds is 5. The van der Waals surface area contributed by atoms with Crippen LogP contribution in [0.4, 0.5) is 0 Å². The van der Waals surface area contributed by atoms with Crippen LogP contribution in [0, 0.1) is 0 Å². The fraction of sp³-hybridized carbons (Fsp3) is 0.261. The predicted molar refractivity (Wildman–Crippen MR) is 112 cm³/mol. The summed E-state index contributed by atoms with van der Waals surface area (Å²) in [6.07, 6.45) is 0. The van der Waals surface area contributed by atoms with Gasteiger partial charge in [0, 0.05) is 17.0 Å². The lowest BCUT2D eigenvalue weighted by Crippen LogP contribution is -2.42. The highest BCUT2D eigenvalue weighted by Crippen LogP contribution is 2.30. The van der Waals surface area contributed by atoms with E-state index in [1.165, 1.54) is 0 Å². The van der Waals surface area contributed by atoms with Gasteiger partial charge in [-0.3, -0.25) is 4.79 Å². The number of carbonyl (C=O) groups excluding carboxylic acids is 1. The van der Waals surface area contributed by atoms with Gasteiger partial charge < -0.3 is 4.90 Å². The van der Waals surface area contributed by atoms with E-state index in [-0.39, 0.29) is 18.0 Å². The van der Waals surface area contributed by atoms with E-state index in [2.05, 4.69) is 0 Å². The molecule has 0 spiro atoms. The minimum absolute atomic E-state index is 0.0504. The molecule has 0 aliphatic heterocycles. The molecule has 0 N–H and O–H groups in total. The number of benzene rings is 3. The number of hydrogen-bond donors (Lipinski definition) is 0. The van der Waals surface area contributed by atoms with Crippen molar-refractivity contribution in [3.63, 3.8) is 0 Å². The molecule has 0 saturated heterocycles. The molecular formula is C23H25NO2S. The van der Waals surface area contributed by atoms with Gasteiger partial charge in [0.2, 0.25) is 0 Å². The first-order chi connectivity index (χ1) is 12.9. The van der Waals surface area contributed by atoms with Crippen molar-refractivity contribution in [1.29, 1.82) is 0 Å². The smallest absolute Gasteiger partial charge is 0.256 e. The molecule has 4 heteroatoms. The Bertz CT molecular complexity index is 972. The third-order valence-corrected chi connectivity index (χ3v) is 6.05. The molecule has 3 rings (SSSR count). The zero-order valence-corrected chi connectivity index (χ0v) is 17.0. The largest absolute Gasteiger partial charge is 0.334 e. The molecular weight excluding hydrogens is 354 g/mol. The van der Waals surface area contributed by atoms with Gasteiger partial charge in [-0.15, -0.1) is 0 Å². The lowest BCUT2D eigenvalue weighted by molar-refractivity contribution is 0.0642. The molecule has 0 fully saturated rings. The van der Waals surface area contributed by atoms with Crippen molar-refractivity contribution in [2.24, 2.45) is 0 Å². The van der Waals surface area contributed by atoms with Crippen molar-refractivity contribution in [2.75, 3.05) is 0 Å². The van der Waals surface area contributed by atoms with Crippen molar-refractivity contribution >= 4 is 27.5 Å². The van der Waals surface area contributed by atoms with Crippen LogP contribution in [-0.4, -0.2) is 27.1 Å². The normalized spacial score (nSPS) is 12.5. The summed E-state index contributed by atoms with van der Waals surface area (Å²) in [6.45, 7) is 8.04. The molecule has 1 atom stereocenters. The van der Waals surface area contributed by atoms with Crippen molar-refractivity contribution in [1.82, 2.24) is 4.90 Å². The Kier molecular flexibility index (Phi) is 5.76. The van der Waals surface area contributed by atoms with Crippen LogP contribution < -0.4 is 0 Å². The summed E-state index contributed by atoms with van der Waals surface area (Å²) in [5.74, 6) is -0.0731. The average molecular weight is 380 g/mol. The van der Waals surface area contributed by atoms with E-state index in [1.807, 2.05) is 99.3 Å². The quantitative estimate of drug-likeness (QED) is 0.606. The molecule has 0 aromatic heterocycles. The van der Waals surface area contributed by atoms with Crippen LogP contribution in [-0.2, 0) is 10.8 Å². The van der Waals surface area contributed by atoms with E-state index in [4.69, 9.17) is 0 Å². The van der Waals surface area contributed by atoms with Gasteiger partial charge in [-0.2, -0.15) is 0 Å². The summed E-state index contributed by atoms with van der Waals surface area (Å²) < 4.78 is 13.3. The van der Waals surface area contributed by atoms with Gasteiger partial charge in [0.15, 0.2) is 0 Å². The maximum Gasteiger partial charge on any atom is 0.256 e. The molecule has 0 radical (unpaired) electrons. The molecule has 3 aromatic rings. The Labute approximate surface area is 163 Å². The van der Waals surface area contributed by atoms with Crippen LogP contribution in [0.25, 0.3) is 10.8 Å². The van der Waals surface area contributed by atoms with Gasteiger partial charge in [0.25, 0.3) is 5.91 Å². The van der Waals surface area contributed by atoms with Crippen LogP contribution in [0.5, 0.6) is 0 Å². The highest BCUT2D eigenvalue weighted by molar-refractivity contribution is 7.85. The summed E-state index contributed by atoms with van der Waals surface area (Å²) >= 11 is 0. The molecule has 0 saturated carbocycles. The number of hydrogen-bond acceptors (Lipinski definition) is 2. The Morgan fingerprint density at radius 3 is 2.04 bits per heavy atom. The standard InChI is InChI=1S/C23H25NO2S/c1-16(2)24(17(3)4)23(25)22-20-13-9-8-10-18(20)14-15-21(22)27(26)19-11-6-5-7-12-19/h5-17H,1-4H3/t27-/m0/s1. The highest BCUT2D eigenvalue weighted by atomic mass is 32.2. The first-order valence-electron chi connectivity index (χ1n) is 9.23. The van der Waals surface area contributed by atoms with E-state index < -0.39 is 10.8 Å². The molecule has 0 bridgehead atoms. The topological polar surface area (TPSA) is 37.4 Å². The third kappa shape index (κ3) is 3.81. The second-order valence-electron chi connectivity index (χ2n) is 7.14. The lowest BCUT2D eigenvalue weighted by Gasteiger charge is -2.32. The van der Waals surface area contributed by atoms with Crippen molar-refractivity contribution in [3.8, 4) is 0 Å². The first kappa shape index (κ1) is 19.3. The summed E-state index contributed by atoms with van der Waals surface area (Å²) in [5.41, 5.74) is 0.540. The minimum Gasteiger partial charge on any atom is -0.334 e. The number of amides is 1. The first-order valence-corrected chi connectivity index (χ1v) is 10.4. The molecule has 3 aromatic carbocycles.